The number of anilines is 1. The van der Waals surface area contributed by atoms with Gasteiger partial charge in [-0.15, -0.1) is 0 Å². The highest BCUT2D eigenvalue weighted by molar-refractivity contribution is 5.70. The standard InChI is InChI=1S/C11H18N4O4/c1-5-14-10(9(15(18)19)7(2)13-14)12-11(3,4)6-8(16)17/h12H,5-6H2,1-4H3,(H,16,17). The minimum Gasteiger partial charge on any atom is -0.481 e. The molecule has 0 radical (unpaired) electrons. The molecule has 0 aliphatic rings. The minimum absolute atomic E-state index is 0.111. The van der Waals surface area contributed by atoms with Crippen molar-refractivity contribution in [1.29, 1.82) is 0 Å². The van der Waals surface area contributed by atoms with Gasteiger partial charge in [0.25, 0.3) is 0 Å². The minimum atomic E-state index is -0.973. The van der Waals surface area contributed by atoms with E-state index in [1.807, 2.05) is 6.92 Å². The van der Waals surface area contributed by atoms with Crippen LogP contribution >= 0.6 is 0 Å². The lowest BCUT2D eigenvalue weighted by molar-refractivity contribution is -0.384. The second kappa shape index (κ2) is 5.25. The fraction of sp³-hybridized carbons (Fsp3) is 0.636. The number of aryl methyl sites for hydroxylation is 2. The van der Waals surface area contributed by atoms with E-state index in [-0.39, 0.29) is 17.9 Å². The van der Waals surface area contributed by atoms with Crippen LogP contribution in [0.5, 0.6) is 0 Å². The molecule has 8 heteroatoms. The molecule has 0 aromatic carbocycles. The number of aromatic nitrogens is 2. The number of aliphatic carboxylic acids is 1. The van der Waals surface area contributed by atoms with E-state index < -0.39 is 16.4 Å². The highest BCUT2D eigenvalue weighted by atomic mass is 16.6. The zero-order valence-electron chi connectivity index (χ0n) is 11.4. The fourth-order valence-electron chi connectivity index (χ4n) is 1.89. The van der Waals surface area contributed by atoms with Crippen molar-refractivity contribution in [2.45, 2.75) is 46.2 Å². The third kappa shape index (κ3) is 3.43. The molecule has 1 aromatic rings. The van der Waals surface area contributed by atoms with Crippen molar-refractivity contribution in [3.05, 3.63) is 15.8 Å². The van der Waals surface area contributed by atoms with E-state index in [0.29, 0.717) is 12.2 Å². The number of carbonyl (C=O) groups is 1. The molecule has 0 spiro atoms. The summed E-state index contributed by atoms with van der Waals surface area (Å²) in [5.74, 6) is -0.726. The monoisotopic (exact) mass is 270 g/mol. The van der Waals surface area contributed by atoms with Gasteiger partial charge >= 0.3 is 11.7 Å². The molecule has 0 saturated carbocycles. The third-order valence-corrected chi connectivity index (χ3v) is 2.63. The first-order valence-electron chi connectivity index (χ1n) is 5.89. The normalized spacial score (nSPS) is 11.4. The molecule has 1 rings (SSSR count). The van der Waals surface area contributed by atoms with Crippen LogP contribution in [0.25, 0.3) is 0 Å². The zero-order chi connectivity index (χ0) is 14.8. The van der Waals surface area contributed by atoms with Gasteiger partial charge in [-0.3, -0.25) is 14.9 Å². The number of carboxylic acids is 1. The summed E-state index contributed by atoms with van der Waals surface area (Å²) >= 11 is 0. The maximum atomic E-state index is 11.1. The zero-order valence-corrected chi connectivity index (χ0v) is 11.4. The quantitative estimate of drug-likeness (QED) is 0.602. The second-order valence-corrected chi connectivity index (χ2v) is 4.93. The Kier molecular flexibility index (Phi) is 4.13. The molecule has 1 heterocycles. The average molecular weight is 270 g/mol. The van der Waals surface area contributed by atoms with Gasteiger partial charge in [-0.1, -0.05) is 0 Å². The number of nitrogens with one attached hydrogen (secondary N) is 1. The maximum Gasteiger partial charge on any atom is 0.333 e. The Morgan fingerprint density at radius 2 is 2.16 bits per heavy atom. The summed E-state index contributed by atoms with van der Waals surface area (Å²) in [5.41, 5.74) is -0.614. The smallest absolute Gasteiger partial charge is 0.333 e. The van der Waals surface area contributed by atoms with Crippen molar-refractivity contribution in [3.63, 3.8) is 0 Å². The number of rotatable bonds is 6. The van der Waals surface area contributed by atoms with Crippen LogP contribution in [0.1, 0.15) is 32.9 Å². The molecule has 0 amide bonds. The first-order chi connectivity index (χ1) is 8.68. The van der Waals surface area contributed by atoms with Crippen molar-refractivity contribution in [3.8, 4) is 0 Å². The van der Waals surface area contributed by atoms with E-state index in [9.17, 15) is 14.9 Å². The van der Waals surface area contributed by atoms with Gasteiger partial charge in [0.1, 0.15) is 5.69 Å². The number of nitro groups is 1. The molecule has 0 aliphatic heterocycles. The van der Waals surface area contributed by atoms with Crippen LogP contribution in [0.15, 0.2) is 0 Å². The topological polar surface area (TPSA) is 110 Å². The molecule has 0 fully saturated rings. The Labute approximate surface area is 110 Å². The van der Waals surface area contributed by atoms with E-state index in [0.717, 1.165) is 0 Å². The number of hydrogen-bond acceptors (Lipinski definition) is 5. The summed E-state index contributed by atoms with van der Waals surface area (Å²) in [6.45, 7) is 7.17. The maximum absolute atomic E-state index is 11.1. The van der Waals surface area contributed by atoms with Crippen molar-refractivity contribution in [2.24, 2.45) is 0 Å². The van der Waals surface area contributed by atoms with Gasteiger partial charge < -0.3 is 10.4 Å². The van der Waals surface area contributed by atoms with E-state index in [2.05, 4.69) is 10.4 Å². The lowest BCUT2D eigenvalue weighted by Gasteiger charge is -2.25. The molecule has 0 aliphatic carbocycles. The van der Waals surface area contributed by atoms with Gasteiger partial charge in [-0.05, 0) is 27.7 Å². The summed E-state index contributed by atoms with van der Waals surface area (Å²) in [5, 5.41) is 26.9. The van der Waals surface area contributed by atoms with Gasteiger partial charge in [0.2, 0.25) is 5.82 Å². The molecular formula is C11H18N4O4. The summed E-state index contributed by atoms with van der Waals surface area (Å²) in [6, 6.07) is 0. The number of carboxylic acid groups (broad SMARTS) is 1. The van der Waals surface area contributed by atoms with Crippen molar-refractivity contribution >= 4 is 17.5 Å². The van der Waals surface area contributed by atoms with Crippen LogP contribution in [0, 0.1) is 17.0 Å². The van der Waals surface area contributed by atoms with Crippen molar-refractivity contribution < 1.29 is 14.8 Å². The molecule has 1 aromatic heterocycles. The summed E-state index contributed by atoms with van der Waals surface area (Å²) in [7, 11) is 0. The Morgan fingerprint density at radius 3 is 2.58 bits per heavy atom. The number of hydrogen-bond donors (Lipinski definition) is 2. The van der Waals surface area contributed by atoms with Crippen molar-refractivity contribution in [1.82, 2.24) is 9.78 Å². The second-order valence-electron chi connectivity index (χ2n) is 4.93. The molecule has 0 atom stereocenters. The molecule has 2 N–H and O–H groups in total. The molecule has 0 saturated heterocycles. The molecular weight excluding hydrogens is 252 g/mol. The SMILES string of the molecule is CCn1nc(C)c([N+](=O)[O-])c1NC(C)(C)CC(=O)O. The van der Waals surface area contributed by atoms with Crippen LogP contribution in [0.3, 0.4) is 0 Å². The largest absolute Gasteiger partial charge is 0.481 e. The summed E-state index contributed by atoms with van der Waals surface area (Å²) in [4.78, 5) is 21.4. The fourth-order valence-corrected chi connectivity index (χ4v) is 1.89. The van der Waals surface area contributed by atoms with Crippen LogP contribution in [0.2, 0.25) is 0 Å². The Balaban J connectivity index is 3.18. The molecule has 106 valence electrons. The molecule has 19 heavy (non-hydrogen) atoms. The van der Waals surface area contributed by atoms with Gasteiger partial charge in [-0.2, -0.15) is 5.10 Å². The first kappa shape index (κ1) is 14.9. The third-order valence-electron chi connectivity index (χ3n) is 2.63. The lowest BCUT2D eigenvalue weighted by Crippen LogP contribution is -2.34. The Hall–Kier alpha value is -2.12. The number of nitrogens with zero attached hydrogens (tertiary/aromatic N) is 3. The predicted molar refractivity (Wildman–Crippen MR) is 69.2 cm³/mol. The van der Waals surface area contributed by atoms with Gasteiger partial charge in [0, 0.05) is 12.1 Å². The van der Waals surface area contributed by atoms with Gasteiger partial charge in [-0.25, -0.2) is 4.68 Å². The van der Waals surface area contributed by atoms with Crippen LogP contribution < -0.4 is 5.32 Å². The molecule has 8 nitrogen and oxygen atoms in total. The first-order valence-corrected chi connectivity index (χ1v) is 5.89. The van der Waals surface area contributed by atoms with Gasteiger partial charge in [0.05, 0.1) is 11.3 Å². The molecule has 0 bridgehead atoms. The van der Waals surface area contributed by atoms with Crippen LogP contribution in [0.4, 0.5) is 11.5 Å². The van der Waals surface area contributed by atoms with E-state index in [1.54, 1.807) is 20.8 Å². The van der Waals surface area contributed by atoms with E-state index in [4.69, 9.17) is 5.11 Å². The lowest BCUT2D eigenvalue weighted by atomic mass is 10.0. The van der Waals surface area contributed by atoms with Crippen molar-refractivity contribution in [2.75, 3.05) is 5.32 Å². The summed E-state index contributed by atoms with van der Waals surface area (Å²) < 4.78 is 1.47. The van der Waals surface area contributed by atoms with Crippen LogP contribution in [-0.4, -0.2) is 31.3 Å². The van der Waals surface area contributed by atoms with Crippen LogP contribution in [-0.2, 0) is 11.3 Å². The Morgan fingerprint density at radius 1 is 1.58 bits per heavy atom. The highest BCUT2D eigenvalue weighted by Crippen LogP contribution is 2.31. The highest BCUT2D eigenvalue weighted by Gasteiger charge is 2.30. The Bertz CT molecular complexity index is 507. The van der Waals surface area contributed by atoms with Gasteiger partial charge in [0.15, 0.2) is 0 Å². The van der Waals surface area contributed by atoms with E-state index >= 15 is 0 Å². The average Bonchev–Trinajstić information content (AvgIpc) is 2.51. The molecule has 0 unspecified atom stereocenters. The summed E-state index contributed by atoms with van der Waals surface area (Å²) in [6.07, 6.45) is -0.155. The van der Waals surface area contributed by atoms with E-state index in [1.165, 1.54) is 4.68 Å². The predicted octanol–water partition coefficient (Wildman–Crippen LogP) is 1.78.